The maximum absolute atomic E-state index is 12.5. The standard InChI is InChI=1S/C7H12F2.C7H7F.2C2H6/c1-6-3-2-4-7(8,9)5-6;1-6-3-2-4-7(8)5-6;2*1-2/h6H,2-5H2,1H3;2-5H,1H3;2*1-2H3. The first-order valence-corrected chi connectivity index (χ1v) is 7.99. The van der Waals surface area contributed by atoms with Crippen molar-refractivity contribution in [3.8, 4) is 0 Å². The molecule has 1 aromatic rings. The number of halogens is 3. The van der Waals surface area contributed by atoms with Crippen LogP contribution in [0.4, 0.5) is 13.2 Å². The van der Waals surface area contributed by atoms with E-state index in [1.54, 1.807) is 6.07 Å². The Labute approximate surface area is 128 Å². The lowest BCUT2D eigenvalue weighted by Gasteiger charge is -2.25. The predicted octanol–water partition coefficient (Wildman–Crippen LogP) is 7.02. The molecule has 0 amide bonds. The summed E-state index contributed by atoms with van der Waals surface area (Å²) in [7, 11) is 0. The zero-order valence-corrected chi connectivity index (χ0v) is 14.3. The van der Waals surface area contributed by atoms with Crippen molar-refractivity contribution in [3.63, 3.8) is 0 Å². The van der Waals surface area contributed by atoms with Crippen LogP contribution in [0.1, 0.15) is 65.9 Å². The van der Waals surface area contributed by atoms with Crippen LogP contribution in [0.3, 0.4) is 0 Å². The Hall–Kier alpha value is -0.990. The summed E-state index contributed by atoms with van der Waals surface area (Å²) in [5.41, 5.74) is 0.963. The van der Waals surface area contributed by atoms with Crippen molar-refractivity contribution >= 4 is 0 Å². The summed E-state index contributed by atoms with van der Waals surface area (Å²) in [5, 5.41) is 0. The zero-order chi connectivity index (χ0) is 16.9. The SMILES string of the molecule is CC.CC.CC1CCCC(F)(F)C1.Cc1cccc(F)c1. The molecule has 124 valence electrons. The first kappa shape index (κ1) is 22.3. The second-order valence-corrected chi connectivity index (χ2v) is 4.86. The maximum Gasteiger partial charge on any atom is 0.248 e. The molecule has 21 heavy (non-hydrogen) atoms. The van der Waals surface area contributed by atoms with Gasteiger partial charge in [0.15, 0.2) is 0 Å². The van der Waals surface area contributed by atoms with Gasteiger partial charge in [-0.05, 0) is 37.0 Å². The molecule has 0 nitrogen and oxygen atoms in total. The van der Waals surface area contributed by atoms with E-state index in [9.17, 15) is 13.2 Å². The van der Waals surface area contributed by atoms with Gasteiger partial charge in [0.2, 0.25) is 5.92 Å². The molecule has 0 bridgehead atoms. The van der Waals surface area contributed by atoms with Gasteiger partial charge in [0.1, 0.15) is 5.82 Å². The lowest BCUT2D eigenvalue weighted by molar-refractivity contribution is -0.0494. The topological polar surface area (TPSA) is 0 Å². The van der Waals surface area contributed by atoms with Gasteiger partial charge in [-0.25, -0.2) is 13.2 Å². The molecule has 2 rings (SSSR count). The van der Waals surface area contributed by atoms with Crippen molar-refractivity contribution in [2.24, 2.45) is 5.92 Å². The van der Waals surface area contributed by atoms with Gasteiger partial charge in [0.05, 0.1) is 0 Å². The molecule has 1 fully saturated rings. The van der Waals surface area contributed by atoms with Crippen molar-refractivity contribution in [3.05, 3.63) is 35.6 Å². The van der Waals surface area contributed by atoms with Crippen LogP contribution in [0, 0.1) is 18.7 Å². The van der Waals surface area contributed by atoms with Gasteiger partial charge in [-0.1, -0.05) is 53.2 Å². The van der Waals surface area contributed by atoms with E-state index in [2.05, 4.69) is 0 Å². The van der Waals surface area contributed by atoms with Crippen LogP contribution in [-0.4, -0.2) is 5.92 Å². The van der Waals surface area contributed by atoms with E-state index in [0.29, 0.717) is 6.42 Å². The Kier molecular flexibility index (Phi) is 13.5. The fraction of sp³-hybridized carbons (Fsp3) is 0.667. The lowest BCUT2D eigenvalue weighted by atomic mass is 9.88. The van der Waals surface area contributed by atoms with Crippen LogP contribution in [0.5, 0.6) is 0 Å². The van der Waals surface area contributed by atoms with Gasteiger partial charge in [-0.2, -0.15) is 0 Å². The van der Waals surface area contributed by atoms with Crippen molar-refractivity contribution in [1.82, 2.24) is 0 Å². The van der Waals surface area contributed by atoms with Crippen LogP contribution >= 0.6 is 0 Å². The van der Waals surface area contributed by atoms with E-state index in [0.717, 1.165) is 12.0 Å². The van der Waals surface area contributed by atoms with Crippen molar-refractivity contribution in [2.75, 3.05) is 0 Å². The Bertz CT molecular complexity index is 331. The molecule has 0 spiro atoms. The van der Waals surface area contributed by atoms with Gasteiger partial charge >= 0.3 is 0 Å². The molecule has 1 aliphatic rings. The minimum Gasteiger partial charge on any atom is -0.207 e. The molecule has 1 aromatic carbocycles. The van der Waals surface area contributed by atoms with Gasteiger partial charge in [0.25, 0.3) is 0 Å². The van der Waals surface area contributed by atoms with E-state index in [4.69, 9.17) is 0 Å². The van der Waals surface area contributed by atoms with E-state index < -0.39 is 5.92 Å². The summed E-state index contributed by atoms with van der Waals surface area (Å²) in [6.45, 7) is 11.8. The van der Waals surface area contributed by atoms with Crippen molar-refractivity contribution in [2.45, 2.75) is 73.1 Å². The summed E-state index contributed by atoms with van der Waals surface area (Å²) >= 11 is 0. The quantitative estimate of drug-likeness (QED) is 0.483. The largest absolute Gasteiger partial charge is 0.248 e. The second kappa shape index (κ2) is 12.7. The summed E-state index contributed by atoms with van der Waals surface area (Å²) in [6.07, 6.45) is 1.90. The van der Waals surface area contributed by atoms with Crippen LogP contribution in [0.2, 0.25) is 0 Å². The van der Waals surface area contributed by atoms with E-state index in [1.807, 2.05) is 47.6 Å². The number of alkyl halides is 2. The summed E-state index contributed by atoms with van der Waals surface area (Å²) in [4.78, 5) is 0. The zero-order valence-electron chi connectivity index (χ0n) is 14.3. The van der Waals surface area contributed by atoms with Crippen molar-refractivity contribution in [1.29, 1.82) is 0 Å². The monoisotopic (exact) mass is 304 g/mol. The Morgan fingerprint density at radius 1 is 1.10 bits per heavy atom. The van der Waals surface area contributed by atoms with Crippen LogP contribution in [0.25, 0.3) is 0 Å². The third-order valence-electron chi connectivity index (χ3n) is 2.87. The number of aryl methyl sites for hydroxylation is 1. The van der Waals surface area contributed by atoms with Crippen molar-refractivity contribution < 1.29 is 13.2 Å². The second-order valence-electron chi connectivity index (χ2n) is 4.86. The van der Waals surface area contributed by atoms with Gasteiger partial charge in [0, 0.05) is 12.8 Å². The molecular weight excluding hydrogens is 273 g/mol. The minimum atomic E-state index is -2.35. The Balaban J connectivity index is 0. The highest BCUT2D eigenvalue weighted by molar-refractivity contribution is 5.13. The van der Waals surface area contributed by atoms with Crippen LogP contribution < -0.4 is 0 Å². The van der Waals surface area contributed by atoms with Crippen LogP contribution in [0.15, 0.2) is 24.3 Å². The molecule has 0 aromatic heterocycles. The molecule has 1 unspecified atom stereocenters. The van der Waals surface area contributed by atoms with E-state index in [-0.39, 0.29) is 24.6 Å². The third-order valence-corrected chi connectivity index (χ3v) is 2.87. The number of hydrogen-bond donors (Lipinski definition) is 0. The molecule has 0 heterocycles. The summed E-state index contributed by atoms with van der Waals surface area (Å²) in [6, 6.07) is 6.50. The van der Waals surface area contributed by atoms with Gasteiger partial charge < -0.3 is 0 Å². The highest BCUT2D eigenvalue weighted by Gasteiger charge is 2.33. The highest BCUT2D eigenvalue weighted by atomic mass is 19.3. The fourth-order valence-corrected chi connectivity index (χ4v) is 2.03. The predicted molar refractivity (Wildman–Crippen MR) is 86.4 cm³/mol. The molecule has 0 aliphatic heterocycles. The number of hydrogen-bond acceptors (Lipinski definition) is 0. The molecule has 1 aliphatic carbocycles. The fourth-order valence-electron chi connectivity index (χ4n) is 2.03. The summed E-state index contributed by atoms with van der Waals surface area (Å²) < 4.78 is 37.1. The van der Waals surface area contributed by atoms with Gasteiger partial charge in [-0.3, -0.25) is 0 Å². The number of benzene rings is 1. The lowest BCUT2D eigenvalue weighted by Crippen LogP contribution is -2.24. The van der Waals surface area contributed by atoms with E-state index in [1.165, 1.54) is 12.1 Å². The summed E-state index contributed by atoms with van der Waals surface area (Å²) in [5.74, 6) is -2.28. The molecule has 1 atom stereocenters. The molecular formula is C18H31F3. The average molecular weight is 304 g/mol. The minimum absolute atomic E-state index is 0.104. The Morgan fingerprint density at radius 3 is 1.95 bits per heavy atom. The average Bonchev–Trinajstić information content (AvgIpc) is 2.42. The normalized spacial score (nSPS) is 18.8. The smallest absolute Gasteiger partial charge is 0.207 e. The van der Waals surface area contributed by atoms with E-state index >= 15 is 0 Å². The Morgan fingerprint density at radius 2 is 1.67 bits per heavy atom. The molecule has 0 N–H and O–H groups in total. The highest BCUT2D eigenvalue weighted by Crippen LogP contribution is 2.35. The molecule has 1 saturated carbocycles. The molecule has 3 heteroatoms. The van der Waals surface area contributed by atoms with Gasteiger partial charge in [-0.15, -0.1) is 0 Å². The third kappa shape index (κ3) is 12.5. The molecule has 0 saturated heterocycles. The maximum atomic E-state index is 12.5. The first-order valence-electron chi connectivity index (χ1n) is 7.99. The molecule has 0 radical (unpaired) electrons. The first-order chi connectivity index (χ1) is 9.89. The van der Waals surface area contributed by atoms with Crippen LogP contribution in [-0.2, 0) is 0 Å². The number of rotatable bonds is 0.